The van der Waals surface area contributed by atoms with Crippen LogP contribution >= 0.6 is 0 Å². The largest absolute Gasteiger partial charge is 0.507 e. The average Bonchev–Trinajstić information content (AvgIpc) is 3.05. The van der Waals surface area contributed by atoms with Crippen molar-refractivity contribution < 1.29 is 9.84 Å². The van der Waals surface area contributed by atoms with Crippen LogP contribution in [-0.2, 0) is 0 Å². The Kier molecular flexibility index (Phi) is 5.20. The lowest BCUT2D eigenvalue weighted by molar-refractivity contribution is 0.207. The molecule has 0 aliphatic carbocycles. The Bertz CT molecular complexity index is 1150. The fraction of sp³-hybridized carbons (Fsp3) is 0.440. The minimum absolute atomic E-state index is 0.134. The lowest BCUT2D eigenvalue weighted by Crippen LogP contribution is -2.58. The van der Waals surface area contributed by atoms with E-state index in [-0.39, 0.29) is 16.8 Å². The van der Waals surface area contributed by atoms with Crippen molar-refractivity contribution in [2.75, 3.05) is 19.1 Å². The predicted octanol–water partition coefficient (Wildman–Crippen LogP) is 3.81. The Hall–Kier alpha value is -3.26. The smallest absolute Gasteiger partial charge is 0.233 e. The van der Waals surface area contributed by atoms with Gasteiger partial charge < -0.3 is 20.1 Å². The number of aromatic nitrogens is 4. The van der Waals surface area contributed by atoms with Gasteiger partial charge in [-0.05, 0) is 69.4 Å². The molecule has 8 heteroatoms. The third kappa shape index (κ3) is 4.11. The monoisotopic (exact) mass is 446 g/mol. The van der Waals surface area contributed by atoms with Crippen LogP contribution in [0.1, 0.15) is 39.5 Å². The summed E-state index contributed by atoms with van der Waals surface area (Å²) < 4.78 is 5.14. The average molecular weight is 447 g/mol. The highest BCUT2D eigenvalue weighted by atomic mass is 16.5. The lowest BCUT2D eigenvalue weighted by atomic mass is 9.84. The summed E-state index contributed by atoms with van der Waals surface area (Å²) in [5, 5.41) is 31.3. The molecule has 0 amide bonds. The van der Waals surface area contributed by atoms with Crippen molar-refractivity contribution in [3.63, 3.8) is 0 Å². The molecule has 0 unspecified atom stereocenters. The van der Waals surface area contributed by atoms with Crippen LogP contribution in [0.5, 0.6) is 11.6 Å². The first-order valence-corrected chi connectivity index (χ1v) is 11.3. The zero-order chi connectivity index (χ0) is 23.2. The van der Waals surface area contributed by atoms with Crippen molar-refractivity contribution >= 4 is 5.82 Å². The zero-order valence-corrected chi connectivity index (χ0v) is 19.5. The number of piperidine rings is 1. The summed E-state index contributed by atoms with van der Waals surface area (Å²) in [5.74, 6) is 1.41. The van der Waals surface area contributed by atoms with Gasteiger partial charge >= 0.3 is 0 Å². The molecule has 0 spiro atoms. The van der Waals surface area contributed by atoms with E-state index in [4.69, 9.17) is 4.74 Å². The normalized spacial score (nSPS) is 26.2. The van der Waals surface area contributed by atoms with Crippen molar-refractivity contribution in [3.8, 4) is 34.0 Å². The van der Waals surface area contributed by atoms with E-state index >= 15 is 0 Å². The third-order valence-electron chi connectivity index (χ3n) is 7.21. The maximum absolute atomic E-state index is 10.7. The maximum Gasteiger partial charge on any atom is 0.233 e. The fourth-order valence-electron chi connectivity index (χ4n) is 5.47. The van der Waals surface area contributed by atoms with Crippen LogP contribution in [0.25, 0.3) is 22.4 Å². The molecule has 8 nitrogen and oxygen atoms in total. The second-order valence-electron chi connectivity index (χ2n) is 9.91. The minimum Gasteiger partial charge on any atom is -0.507 e. The molecule has 0 radical (unpaired) electrons. The second kappa shape index (κ2) is 7.95. The molecule has 2 N–H and O–H groups in total. The number of nitrogens with zero attached hydrogens (tertiary/aromatic N) is 5. The highest BCUT2D eigenvalue weighted by Crippen LogP contribution is 2.43. The molecule has 172 valence electrons. The van der Waals surface area contributed by atoms with Crippen LogP contribution in [0.15, 0.2) is 42.6 Å². The number of phenolic OH excluding ortho intramolecular Hbond substituents is 1. The highest BCUT2D eigenvalue weighted by Gasteiger charge is 2.49. The highest BCUT2D eigenvalue weighted by molar-refractivity contribution is 5.74. The van der Waals surface area contributed by atoms with E-state index in [1.807, 2.05) is 24.3 Å². The summed E-state index contributed by atoms with van der Waals surface area (Å²) in [5.41, 5.74) is 3.28. The van der Waals surface area contributed by atoms with Crippen molar-refractivity contribution in [3.05, 3.63) is 42.6 Å². The summed E-state index contributed by atoms with van der Waals surface area (Å²) in [6, 6.07) is 11.6. The summed E-state index contributed by atoms with van der Waals surface area (Å²) >= 11 is 0. The number of rotatable bonds is 5. The van der Waals surface area contributed by atoms with Crippen LogP contribution in [0.4, 0.5) is 5.82 Å². The van der Waals surface area contributed by atoms with Gasteiger partial charge in [0, 0.05) is 41.4 Å². The van der Waals surface area contributed by atoms with Crippen molar-refractivity contribution in [1.82, 2.24) is 25.7 Å². The molecule has 3 aromatic rings. The third-order valence-corrected chi connectivity index (χ3v) is 7.21. The molecule has 2 aliphatic rings. The maximum atomic E-state index is 10.7. The molecular formula is C25H30N6O2. The van der Waals surface area contributed by atoms with Crippen LogP contribution < -0.4 is 15.0 Å². The quantitative estimate of drug-likeness (QED) is 0.611. The van der Waals surface area contributed by atoms with Crippen LogP contribution in [0.3, 0.4) is 0 Å². The Morgan fingerprint density at radius 2 is 1.76 bits per heavy atom. The van der Waals surface area contributed by atoms with Gasteiger partial charge in [0.15, 0.2) is 5.82 Å². The standard InChI is InChI=1S/C25H30N6O2/c1-24-9-10-25(2,30-24)14-18(13-24)31(3)22-8-7-20(27-28-22)19-6-5-16(11-21(19)32)17-12-23(33-4)29-26-15-17/h5-8,11-12,15,18,30,32H,9-10,13-14H2,1-4H3/t18-,24-,25+. The van der Waals surface area contributed by atoms with Gasteiger partial charge in [0.2, 0.25) is 5.88 Å². The van der Waals surface area contributed by atoms with E-state index in [0.29, 0.717) is 23.2 Å². The van der Waals surface area contributed by atoms with Gasteiger partial charge in [0.05, 0.1) is 19.0 Å². The summed E-state index contributed by atoms with van der Waals surface area (Å²) in [4.78, 5) is 2.26. The molecule has 2 saturated heterocycles. The second-order valence-corrected chi connectivity index (χ2v) is 9.91. The first-order chi connectivity index (χ1) is 15.8. The van der Waals surface area contributed by atoms with Gasteiger partial charge in [-0.15, -0.1) is 15.3 Å². The van der Waals surface area contributed by atoms with Crippen LogP contribution in [-0.4, -0.2) is 56.8 Å². The number of ether oxygens (including phenoxy) is 1. The Morgan fingerprint density at radius 3 is 2.39 bits per heavy atom. The summed E-state index contributed by atoms with van der Waals surface area (Å²) in [6.45, 7) is 4.66. The number of hydrogen-bond donors (Lipinski definition) is 2. The number of benzene rings is 1. The minimum atomic E-state index is 0.134. The first kappa shape index (κ1) is 21.6. The number of methoxy groups -OCH3 is 1. The van der Waals surface area contributed by atoms with Gasteiger partial charge in [-0.3, -0.25) is 0 Å². The van der Waals surface area contributed by atoms with Crippen molar-refractivity contribution in [1.29, 1.82) is 0 Å². The SMILES string of the molecule is COc1cc(-c2ccc(-c3ccc(N(C)[C@H]4C[C@]5(C)CC[C@](C)(C4)N5)nn3)c(O)c2)cnn1. The van der Waals surface area contributed by atoms with Crippen LogP contribution in [0.2, 0.25) is 0 Å². The zero-order valence-electron chi connectivity index (χ0n) is 19.5. The van der Waals surface area contributed by atoms with E-state index in [2.05, 4.69) is 51.5 Å². The van der Waals surface area contributed by atoms with Crippen LogP contribution in [0, 0.1) is 0 Å². The van der Waals surface area contributed by atoms with E-state index in [1.165, 1.54) is 12.8 Å². The number of nitrogens with one attached hydrogen (secondary N) is 1. The van der Waals surface area contributed by atoms with Crippen molar-refractivity contribution in [2.45, 2.75) is 56.7 Å². The van der Waals surface area contributed by atoms with Gasteiger partial charge in [-0.2, -0.15) is 5.10 Å². The Labute approximate surface area is 194 Å². The molecule has 2 bridgehead atoms. The summed E-state index contributed by atoms with van der Waals surface area (Å²) in [7, 11) is 3.65. The fourth-order valence-corrected chi connectivity index (χ4v) is 5.47. The number of anilines is 1. The molecule has 2 aromatic heterocycles. The topological polar surface area (TPSA) is 96.3 Å². The molecule has 2 aliphatic heterocycles. The summed E-state index contributed by atoms with van der Waals surface area (Å²) in [6.07, 6.45) is 6.26. The lowest BCUT2D eigenvalue weighted by Gasteiger charge is -2.45. The number of fused-ring (bicyclic) bond motifs is 2. The van der Waals surface area contributed by atoms with E-state index < -0.39 is 0 Å². The van der Waals surface area contributed by atoms with E-state index in [1.54, 1.807) is 25.4 Å². The molecule has 2 fully saturated rings. The van der Waals surface area contributed by atoms with Gasteiger partial charge in [-0.1, -0.05) is 6.07 Å². The molecule has 5 rings (SSSR count). The number of aromatic hydroxyl groups is 1. The molecule has 3 atom stereocenters. The molecule has 1 aromatic carbocycles. The molecule has 0 saturated carbocycles. The number of hydrogen-bond acceptors (Lipinski definition) is 8. The molecule has 33 heavy (non-hydrogen) atoms. The molecule has 4 heterocycles. The number of phenols is 1. The predicted molar refractivity (Wildman–Crippen MR) is 127 cm³/mol. The Morgan fingerprint density at radius 1 is 1.00 bits per heavy atom. The first-order valence-electron chi connectivity index (χ1n) is 11.3. The van der Waals surface area contributed by atoms with Gasteiger partial charge in [-0.25, -0.2) is 0 Å². The van der Waals surface area contributed by atoms with Gasteiger partial charge in [0.25, 0.3) is 0 Å². The van der Waals surface area contributed by atoms with Crippen molar-refractivity contribution in [2.24, 2.45) is 0 Å². The Balaban J connectivity index is 1.35. The molecular weight excluding hydrogens is 416 g/mol. The van der Waals surface area contributed by atoms with E-state index in [0.717, 1.165) is 29.8 Å². The van der Waals surface area contributed by atoms with E-state index in [9.17, 15) is 5.11 Å². The van der Waals surface area contributed by atoms with Gasteiger partial charge in [0.1, 0.15) is 5.75 Å².